The van der Waals surface area contributed by atoms with Crippen LogP contribution in [0.25, 0.3) is 10.4 Å². The van der Waals surface area contributed by atoms with E-state index in [1.54, 1.807) is 7.11 Å². The summed E-state index contributed by atoms with van der Waals surface area (Å²) in [6.45, 7) is 0. The maximum absolute atomic E-state index is 13.9. The van der Waals surface area contributed by atoms with Gasteiger partial charge in [-0.15, -0.1) is 11.3 Å². The zero-order valence-electron chi connectivity index (χ0n) is 14.4. The van der Waals surface area contributed by atoms with E-state index in [9.17, 15) is 8.78 Å². The first kappa shape index (κ1) is 18.1. The second-order valence-corrected chi connectivity index (χ2v) is 7.50. The smallest absolute Gasteiger partial charge is 0.165 e. The molecular weight excluding hydrogens is 390 g/mol. The Balaban J connectivity index is 1.79. The molecule has 0 saturated carbocycles. The molecule has 1 heterocycles. The van der Waals surface area contributed by atoms with Gasteiger partial charge in [-0.3, -0.25) is 0 Å². The summed E-state index contributed by atoms with van der Waals surface area (Å²) >= 11 is 7.65. The van der Waals surface area contributed by atoms with Gasteiger partial charge in [0.2, 0.25) is 0 Å². The lowest BCUT2D eigenvalue weighted by atomic mass is 10.0. The first-order chi connectivity index (χ1) is 13.1. The van der Waals surface area contributed by atoms with Crippen molar-refractivity contribution < 1.29 is 13.5 Å². The van der Waals surface area contributed by atoms with Crippen LogP contribution in [0.3, 0.4) is 0 Å². The van der Waals surface area contributed by atoms with Crippen LogP contribution in [0, 0.1) is 11.6 Å². The number of benzene rings is 2. The lowest BCUT2D eigenvalue weighted by Gasteiger charge is -2.07. The summed E-state index contributed by atoms with van der Waals surface area (Å²) in [7, 11) is 1.63. The van der Waals surface area contributed by atoms with E-state index >= 15 is 0 Å². The Hall–Kier alpha value is -2.31. The average molecular weight is 405 g/mol. The minimum Gasteiger partial charge on any atom is -0.497 e. The molecule has 3 aromatic rings. The molecule has 0 fully saturated rings. The van der Waals surface area contributed by atoms with Crippen molar-refractivity contribution in [1.82, 2.24) is 4.98 Å². The van der Waals surface area contributed by atoms with Gasteiger partial charge in [-0.05, 0) is 49.1 Å². The van der Waals surface area contributed by atoms with Crippen molar-refractivity contribution in [1.29, 1.82) is 0 Å². The van der Waals surface area contributed by atoms with Crippen LogP contribution in [-0.4, -0.2) is 17.3 Å². The van der Waals surface area contributed by atoms with E-state index < -0.39 is 17.3 Å². The predicted octanol–water partition coefficient (Wildman–Crippen LogP) is 5.90. The topological polar surface area (TPSA) is 34.5 Å². The summed E-state index contributed by atoms with van der Waals surface area (Å²) in [5, 5.41) is 0.418. The Morgan fingerprint density at radius 1 is 1.19 bits per heavy atom. The molecule has 3 nitrogen and oxygen atoms in total. The molecule has 0 bridgehead atoms. The number of para-hydroxylation sites is 1. The third kappa shape index (κ3) is 3.47. The minimum atomic E-state index is -0.763. The highest BCUT2D eigenvalue weighted by atomic mass is 35.5. The van der Waals surface area contributed by atoms with Crippen LogP contribution in [0.15, 0.2) is 41.4 Å². The number of hydrogen-bond donors (Lipinski definition) is 0. The first-order valence-corrected chi connectivity index (χ1v) is 9.62. The van der Waals surface area contributed by atoms with E-state index in [2.05, 4.69) is 16.0 Å². The Kier molecular flexibility index (Phi) is 4.93. The number of aryl methyl sites for hydroxylation is 2. The van der Waals surface area contributed by atoms with Gasteiger partial charge in [0.25, 0.3) is 0 Å². The Labute approximate surface area is 164 Å². The molecule has 1 aromatic heterocycles. The van der Waals surface area contributed by atoms with Gasteiger partial charge >= 0.3 is 0 Å². The zero-order valence-corrected chi connectivity index (χ0v) is 16.0. The molecule has 0 atom stereocenters. The third-order valence-corrected chi connectivity index (χ3v) is 5.96. The number of rotatable bonds is 3. The highest BCUT2D eigenvalue weighted by Gasteiger charge is 2.22. The van der Waals surface area contributed by atoms with Crippen LogP contribution >= 0.6 is 22.9 Å². The van der Waals surface area contributed by atoms with Crippen molar-refractivity contribution in [2.24, 2.45) is 4.99 Å². The molecular formula is C20H15ClF2N2OS. The fourth-order valence-electron chi connectivity index (χ4n) is 3.12. The van der Waals surface area contributed by atoms with E-state index in [0.29, 0.717) is 5.01 Å². The van der Waals surface area contributed by atoms with E-state index in [1.807, 2.05) is 12.1 Å². The monoisotopic (exact) mass is 404 g/mol. The minimum absolute atomic E-state index is 0.0264. The van der Waals surface area contributed by atoms with Gasteiger partial charge in [0.1, 0.15) is 11.4 Å². The summed E-state index contributed by atoms with van der Waals surface area (Å²) in [6.07, 6.45) is 2.73. The zero-order chi connectivity index (χ0) is 19.0. The van der Waals surface area contributed by atoms with Crippen LogP contribution in [0.2, 0.25) is 0 Å². The number of aromatic nitrogens is 1. The Morgan fingerprint density at radius 2 is 1.96 bits per heavy atom. The molecule has 1 aliphatic carbocycles. The molecule has 0 spiro atoms. The molecule has 0 N–H and O–H groups in total. The van der Waals surface area contributed by atoms with Crippen molar-refractivity contribution in [3.8, 4) is 16.2 Å². The number of methoxy groups -OCH3 is 1. The Morgan fingerprint density at radius 3 is 2.70 bits per heavy atom. The van der Waals surface area contributed by atoms with Crippen molar-refractivity contribution in [2.75, 3.05) is 7.11 Å². The fourth-order valence-corrected chi connectivity index (χ4v) is 4.41. The maximum atomic E-state index is 13.9. The number of nitrogens with zero attached hydrogens (tertiary/aromatic N) is 2. The summed E-state index contributed by atoms with van der Waals surface area (Å²) < 4.78 is 33.0. The number of aliphatic imine (C=N–C) groups is 1. The Bertz CT molecular complexity index is 1030. The predicted molar refractivity (Wildman–Crippen MR) is 105 cm³/mol. The number of fused-ring (bicyclic) bond motifs is 3. The molecule has 0 radical (unpaired) electrons. The molecule has 1 aliphatic rings. The van der Waals surface area contributed by atoms with Gasteiger partial charge in [0.15, 0.2) is 21.8 Å². The quantitative estimate of drug-likeness (QED) is 0.509. The summed E-state index contributed by atoms with van der Waals surface area (Å²) in [5.74, 6) is -0.757. The summed E-state index contributed by atoms with van der Waals surface area (Å²) in [6, 6.07) is 9.57. The van der Waals surface area contributed by atoms with Crippen LogP contribution in [-0.2, 0) is 12.8 Å². The molecule has 0 amide bonds. The van der Waals surface area contributed by atoms with Gasteiger partial charge < -0.3 is 4.74 Å². The molecule has 27 heavy (non-hydrogen) atoms. The second kappa shape index (κ2) is 7.37. The lowest BCUT2D eigenvalue weighted by molar-refractivity contribution is 0.415. The van der Waals surface area contributed by atoms with Gasteiger partial charge in [-0.2, -0.15) is 0 Å². The largest absolute Gasteiger partial charge is 0.497 e. The SMILES string of the molecule is COc1ccc2c(c1)-c1sc(/C(Cl)=N/c3c(F)cccc3F)nc1CCC2. The van der Waals surface area contributed by atoms with Gasteiger partial charge in [0.05, 0.1) is 17.7 Å². The van der Waals surface area contributed by atoms with Crippen LogP contribution in [0.4, 0.5) is 14.5 Å². The molecule has 2 aromatic carbocycles. The number of hydrogen-bond acceptors (Lipinski definition) is 4. The normalized spacial score (nSPS) is 13.7. The van der Waals surface area contributed by atoms with E-state index in [-0.39, 0.29) is 5.17 Å². The molecule has 0 aliphatic heterocycles. The molecule has 138 valence electrons. The highest BCUT2D eigenvalue weighted by molar-refractivity contribution is 7.18. The number of ether oxygens (including phenoxy) is 1. The molecule has 7 heteroatoms. The summed E-state index contributed by atoms with van der Waals surface area (Å²) in [4.78, 5) is 9.53. The standard InChI is InChI=1S/C20H15ClF2N2OS/c1-26-12-9-8-11-4-2-7-16-18(13(11)10-12)27-20(24-16)19(21)25-17-14(22)5-3-6-15(17)23/h3,5-6,8-10H,2,4,7H2,1H3/b25-19-. The van der Waals surface area contributed by atoms with E-state index in [1.165, 1.54) is 23.0 Å². The van der Waals surface area contributed by atoms with Crippen LogP contribution < -0.4 is 4.74 Å². The third-order valence-electron chi connectivity index (χ3n) is 4.44. The van der Waals surface area contributed by atoms with Crippen molar-refractivity contribution in [3.63, 3.8) is 0 Å². The van der Waals surface area contributed by atoms with Crippen LogP contribution in [0.5, 0.6) is 5.75 Å². The number of thiazole rings is 1. The molecule has 0 unspecified atom stereocenters. The van der Waals surface area contributed by atoms with Crippen molar-refractivity contribution in [3.05, 3.63) is 64.3 Å². The van der Waals surface area contributed by atoms with E-state index in [4.69, 9.17) is 16.3 Å². The fraction of sp³-hybridized carbons (Fsp3) is 0.200. The van der Waals surface area contributed by atoms with E-state index in [0.717, 1.165) is 53.3 Å². The average Bonchev–Trinajstić information content (AvgIpc) is 3.02. The van der Waals surface area contributed by atoms with Crippen molar-refractivity contribution in [2.45, 2.75) is 19.3 Å². The van der Waals surface area contributed by atoms with Gasteiger partial charge in [0, 0.05) is 5.56 Å². The highest BCUT2D eigenvalue weighted by Crippen LogP contribution is 2.39. The molecule has 4 rings (SSSR count). The van der Waals surface area contributed by atoms with Crippen molar-refractivity contribution >= 4 is 33.8 Å². The summed E-state index contributed by atoms with van der Waals surface area (Å²) in [5.41, 5.74) is 2.80. The number of halogens is 3. The first-order valence-electron chi connectivity index (χ1n) is 8.42. The van der Waals surface area contributed by atoms with Gasteiger partial charge in [-0.25, -0.2) is 18.8 Å². The van der Waals surface area contributed by atoms with Gasteiger partial charge in [-0.1, -0.05) is 23.7 Å². The second-order valence-electron chi connectivity index (χ2n) is 6.14. The van der Waals surface area contributed by atoms with Crippen LogP contribution in [0.1, 0.15) is 22.7 Å². The lowest BCUT2D eigenvalue weighted by Crippen LogP contribution is -1.94. The molecule has 0 saturated heterocycles. The maximum Gasteiger partial charge on any atom is 0.165 e.